The van der Waals surface area contributed by atoms with Crippen molar-refractivity contribution in [2.45, 2.75) is 31.7 Å². The molecule has 1 aromatic carbocycles. The highest BCUT2D eigenvalue weighted by Gasteiger charge is 2.27. The van der Waals surface area contributed by atoms with Gasteiger partial charge in [0.2, 0.25) is 0 Å². The van der Waals surface area contributed by atoms with Crippen molar-refractivity contribution in [1.29, 1.82) is 5.26 Å². The van der Waals surface area contributed by atoms with E-state index in [1.165, 1.54) is 18.2 Å². The summed E-state index contributed by atoms with van der Waals surface area (Å²) in [7, 11) is 0. The molecule has 0 spiro atoms. The van der Waals surface area contributed by atoms with Gasteiger partial charge in [-0.3, -0.25) is 4.79 Å². The van der Waals surface area contributed by atoms with E-state index in [0.717, 1.165) is 25.7 Å². The highest BCUT2D eigenvalue weighted by molar-refractivity contribution is 6.32. The van der Waals surface area contributed by atoms with E-state index in [1.54, 1.807) is 4.90 Å². The molecular weight excluding hydrogens is 264 g/mol. The topological polar surface area (TPSA) is 64.3 Å². The highest BCUT2D eigenvalue weighted by Crippen LogP contribution is 2.27. The number of nitrogens with zero attached hydrogens (tertiary/aromatic N) is 2. The maximum atomic E-state index is 12.4. The van der Waals surface area contributed by atoms with Gasteiger partial charge in [0.25, 0.3) is 5.91 Å². The number of carbonyl (C=O) groups is 1. The van der Waals surface area contributed by atoms with Gasteiger partial charge in [0.15, 0.2) is 0 Å². The van der Waals surface area contributed by atoms with Crippen molar-refractivity contribution in [1.82, 2.24) is 4.90 Å². The summed E-state index contributed by atoms with van der Waals surface area (Å²) in [6.45, 7) is 0.0853. The fraction of sp³-hybridized carbons (Fsp3) is 0.429. The standard InChI is InChI=1S/C14H15ClN2O2/c15-12-9-10(5-6-13(12)18)14(19)17(8-7-16)11-3-1-2-4-11/h5-6,9,11,18H,1-4,8H2. The summed E-state index contributed by atoms with van der Waals surface area (Å²) < 4.78 is 0. The summed E-state index contributed by atoms with van der Waals surface area (Å²) in [5.74, 6) is -0.249. The Morgan fingerprint density at radius 3 is 2.74 bits per heavy atom. The molecule has 1 amide bonds. The number of hydrogen-bond donors (Lipinski definition) is 1. The average molecular weight is 279 g/mol. The second-order valence-electron chi connectivity index (χ2n) is 4.70. The Morgan fingerprint density at radius 2 is 2.16 bits per heavy atom. The Hall–Kier alpha value is -1.73. The van der Waals surface area contributed by atoms with Gasteiger partial charge in [-0.25, -0.2) is 0 Å². The normalized spacial score (nSPS) is 15.2. The van der Waals surface area contributed by atoms with Gasteiger partial charge >= 0.3 is 0 Å². The van der Waals surface area contributed by atoms with E-state index < -0.39 is 0 Å². The number of aromatic hydroxyl groups is 1. The quantitative estimate of drug-likeness (QED) is 0.865. The summed E-state index contributed by atoms with van der Waals surface area (Å²) in [5, 5.41) is 18.4. The number of phenolic OH excluding ortho intramolecular Hbond substituents is 1. The van der Waals surface area contributed by atoms with E-state index in [-0.39, 0.29) is 29.3 Å². The molecule has 1 aliphatic carbocycles. The molecule has 2 rings (SSSR count). The van der Waals surface area contributed by atoms with Crippen LogP contribution in [0.3, 0.4) is 0 Å². The van der Waals surface area contributed by atoms with Crippen molar-refractivity contribution >= 4 is 17.5 Å². The van der Waals surface area contributed by atoms with Crippen LogP contribution in [0.25, 0.3) is 0 Å². The molecule has 0 bridgehead atoms. The van der Waals surface area contributed by atoms with Gasteiger partial charge in [-0.1, -0.05) is 24.4 Å². The van der Waals surface area contributed by atoms with Crippen molar-refractivity contribution < 1.29 is 9.90 Å². The van der Waals surface area contributed by atoms with Crippen LogP contribution in [0.2, 0.25) is 5.02 Å². The molecular formula is C14H15ClN2O2. The first-order chi connectivity index (χ1) is 9.13. The maximum absolute atomic E-state index is 12.4. The molecule has 0 radical (unpaired) electrons. The molecule has 1 saturated carbocycles. The number of rotatable bonds is 3. The molecule has 100 valence electrons. The molecule has 0 aliphatic heterocycles. The predicted octanol–water partition coefficient (Wildman–Crippen LogP) is 2.95. The Morgan fingerprint density at radius 1 is 1.47 bits per heavy atom. The minimum atomic E-state index is -0.199. The van der Waals surface area contributed by atoms with Crippen molar-refractivity contribution in [2.75, 3.05) is 6.54 Å². The van der Waals surface area contributed by atoms with Crippen molar-refractivity contribution in [2.24, 2.45) is 0 Å². The lowest BCUT2D eigenvalue weighted by molar-refractivity contribution is 0.0709. The molecule has 0 heterocycles. The largest absolute Gasteiger partial charge is 0.506 e. The molecule has 0 aromatic heterocycles. The third-order valence-electron chi connectivity index (χ3n) is 3.46. The van der Waals surface area contributed by atoms with Crippen LogP contribution in [-0.2, 0) is 0 Å². The number of phenols is 1. The zero-order chi connectivity index (χ0) is 13.8. The van der Waals surface area contributed by atoms with E-state index in [2.05, 4.69) is 0 Å². The van der Waals surface area contributed by atoms with Crippen LogP contribution in [0.4, 0.5) is 0 Å². The third kappa shape index (κ3) is 2.99. The Bertz CT molecular complexity index is 519. The van der Waals surface area contributed by atoms with Crippen molar-refractivity contribution in [3.63, 3.8) is 0 Å². The van der Waals surface area contributed by atoms with Gasteiger partial charge in [0.05, 0.1) is 11.1 Å². The predicted molar refractivity (Wildman–Crippen MR) is 72.0 cm³/mol. The van der Waals surface area contributed by atoms with Crippen LogP contribution < -0.4 is 0 Å². The van der Waals surface area contributed by atoms with Crippen molar-refractivity contribution in [3.05, 3.63) is 28.8 Å². The van der Waals surface area contributed by atoms with E-state index in [9.17, 15) is 9.90 Å². The molecule has 1 aliphatic rings. The summed E-state index contributed by atoms with van der Waals surface area (Å²) in [6.07, 6.45) is 4.07. The van der Waals surface area contributed by atoms with E-state index in [0.29, 0.717) is 5.56 Å². The highest BCUT2D eigenvalue weighted by atomic mass is 35.5. The van der Waals surface area contributed by atoms with Gasteiger partial charge in [-0.2, -0.15) is 5.26 Å². The molecule has 19 heavy (non-hydrogen) atoms. The lowest BCUT2D eigenvalue weighted by Crippen LogP contribution is -2.39. The fourth-order valence-electron chi connectivity index (χ4n) is 2.46. The lowest BCUT2D eigenvalue weighted by atomic mass is 10.1. The molecule has 0 atom stereocenters. The lowest BCUT2D eigenvalue weighted by Gasteiger charge is -2.26. The molecule has 0 saturated heterocycles. The Balaban J connectivity index is 2.23. The first-order valence-corrected chi connectivity index (χ1v) is 6.67. The van der Waals surface area contributed by atoms with Gasteiger partial charge < -0.3 is 10.0 Å². The number of amides is 1. The first kappa shape index (κ1) is 13.7. The van der Waals surface area contributed by atoms with E-state index in [4.69, 9.17) is 16.9 Å². The SMILES string of the molecule is N#CCN(C(=O)c1ccc(O)c(Cl)c1)C1CCCC1. The van der Waals surface area contributed by atoms with Gasteiger partial charge in [-0.15, -0.1) is 0 Å². The maximum Gasteiger partial charge on any atom is 0.255 e. The van der Waals surface area contributed by atoms with E-state index >= 15 is 0 Å². The van der Waals surface area contributed by atoms with Crippen LogP contribution in [0, 0.1) is 11.3 Å². The summed E-state index contributed by atoms with van der Waals surface area (Å²) in [5.41, 5.74) is 0.407. The molecule has 0 unspecified atom stereocenters. The smallest absolute Gasteiger partial charge is 0.255 e. The van der Waals surface area contributed by atoms with Crippen LogP contribution in [0.5, 0.6) is 5.75 Å². The summed E-state index contributed by atoms with van der Waals surface area (Å²) >= 11 is 5.81. The summed E-state index contributed by atoms with van der Waals surface area (Å²) in [6, 6.07) is 6.55. The van der Waals surface area contributed by atoms with Crippen LogP contribution in [0.1, 0.15) is 36.0 Å². The molecule has 1 fully saturated rings. The molecule has 5 heteroatoms. The van der Waals surface area contributed by atoms with Crippen LogP contribution >= 0.6 is 11.6 Å². The zero-order valence-electron chi connectivity index (χ0n) is 10.5. The number of carbonyl (C=O) groups excluding carboxylic acids is 1. The van der Waals surface area contributed by atoms with Gasteiger partial charge in [-0.05, 0) is 31.0 Å². The van der Waals surface area contributed by atoms with Gasteiger partial charge in [0.1, 0.15) is 12.3 Å². The minimum absolute atomic E-state index is 0.0501. The van der Waals surface area contributed by atoms with Crippen molar-refractivity contribution in [3.8, 4) is 11.8 Å². The Labute approximate surface area is 117 Å². The van der Waals surface area contributed by atoms with Gasteiger partial charge in [0, 0.05) is 11.6 Å². The third-order valence-corrected chi connectivity index (χ3v) is 3.76. The number of hydrogen-bond acceptors (Lipinski definition) is 3. The molecule has 1 aromatic rings. The van der Waals surface area contributed by atoms with Crippen LogP contribution in [0.15, 0.2) is 18.2 Å². The minimum Gasteiger partial charge on any atom is -0.506 e. The second kappa shape index (κ2) is 5.94. The summed E-state index contributed by atoms with van der Waals surface area (Å²) in [4.78, 5) is 14.0. The molecule has 4 nitrogen and oxygen atoms in total. The number of benzene rings is 1. The van der Waals surface area contributed by atoms with Crippen LogP contribution in [-0.4, -0.2) is 28.5 Å². The zero-order valence-corrected chi connectivity index (χ0v) is 11.2. The molecule has 1 N–H and O–H groups in total. The Kier molecular flexibility index (Phi) is 4.28. The number of nitriles is 1. The first-order valence-electron chi connectivity index (χ1n) is 6.30. The average Bonchev–Trinajstić information content (AvgIpc) is 2.92. The second-order valence-corrected chi connectivity index (χ2v) is 5.10. The van der Waals surface area contributed by atoms with E-state index in [1.807, 2.05) is 6.07 Å². The fourth-order valence-corrected chi connectivity index (χ4v) is 2.65. The number of halogens is 1. The monoisotopic (exact) mass is 278 g/mol.